The molecular formula is C33H53N3O4S. The molecule has 0 spiro atoms. The Balaban J connectivity index is 1.61. The lowest BCUT2D eigenvalue weighted by molar-refractivity contribution is 0.0953. The largest absolute Gasteiger partial charge is 0.398 e. The SMILES string of the molecule is CCCCCCCCCCCCCCCCCCNC(=O)c1ccc(CO)c(NS(=O)(=O)Cc2ccccc2N)c1. The zero-order chi connectivity index (χ0) is 29.8. The van der Waals surface area contributed by atoms with Gasteiger partial charge in [-0.25, -0.2) is 8.42 Å². The molecule has 2 rings (SSSR count). The van der Waals surface area contributed by atoms with E-state index in [-0.39, 0.29) is 24.0 Å². The van der Waals surface area contributed by atoms with E-state index < -0.39 is 10.0 Å². The maximum absolute atomic E-state index is 12.8. The van der Waals surface area contributed by atoms with Crippen molar-refractivity contribution in [2.75, 3.05) is 17.0 Å². The summed E-state index contributed by atoms with van der Waals surface area (Å²) < 4.78 is 28.0. The number of anilines is 2. The monoisotopic (exact) mass is 587 g/mol. The zero-order valence-corrected chi connectivity index (χ0v) is 26.0. The van der Waals surface area contributed by atoms with E-state index in [1.165, 1.54) is 96.0 Å². The number of carbonyl (C=O) groups is 1. The molecular weight excluding hydrogens is 534 g/mol. The highest BCUT2D eigenvalue weighted by Crippen LogP contribution is 2.22. The molecule has 0 fully saturated rings. The lowest BCUT2D eigenvalue weighted by Gasteiger charge is -2.14. The highest BCUT2D eigenvalue weighted by molar-refractivity contribution is 7.91. The molecule has 2 aromatic rings. The Morgan fingerprint density at radius 3 is 1.83 bits per heavy atom. The fourth-order valence-electron chi connectivity index (χ4n) is 5.00. The number of para-hydroxylation sites is 1. The van der Waals surface area contributed by atoms with E-state index >= 15 is 0 Å². The molecule has 7 nitrogen and oxygen atoms in total. The molecule has 0 atom stereocenters. The number of nitrogen functional groups attached to an aromatic ring is 1. The summed E-state index contributed by atoms with van der Waals surface area (Å²) in [7, 11) is -3.80. The predicted molar refractivity (Wildman–Crippen MR) is 171 cm³/mol. The van der Waals surface area contributed by atoms with Crippen LogP contribution in [0.5, 0.6) is 0 Å². The van der Waals surface area contributed by atoms with Gasteiger partial charge < -0.3 is 16.2 Å². The summed E-state index contributed by atoms with van der Waals surface area (Å²) in [5, 5.41) is 12.6. The Hall–Kier alpha value is -2.58. The molecule has 2 aromatic carbocycles. The highest BCUT2D eigenvalue weighted by atomic mass is 32.2. The first-order valence-electron chi connectivity index (χ1n) is 15.7. The van der Waals surface area contributed by atoms with Crippen LogP contribution in [0, 0.1) is 0 Å². The van der Waals surface area contributed by atoms with Gasteiger partial charge in [-0.15, -0.1) is 0 Å². The lowest BCUT2D eigenvalue weighted by atomic mass is 10.0. The molecule has 0 radical (unpaired) electrons. The van der Waals surface area contributed by atoms with E-state index in [0.29, 0.717) is 28.9 Å². The van der Waals surface area contributed by atoms with Crippen molar-refractivity contribution >= 4 is 27.3 Å². The van der Waals surface area contributed by atoms with Crippen LogP contribution in [-0.4, -0.2) is 26.0 Å². The van der Waals surface area contributed by atoms with Crippen molar-refractivity contribution in [3.8, 4) is 0 Å². The molecule has 0 unspecified atom stereocenters. The molecule has 0 saturated heterocycles. The molecule has 0 aliphatic rings. The summed E-state index contributed by atoms with van der Waals surface area (Å²) in [5.41, 5.74) is 7.70. The van der Waals surface area contributed by atoms with Gasteiger partial charge in [-0.1, -0.05) is 128 Å². The molecule has 8 heteroatoms. The predicted octanol–water partition coefficient (Wildman–Crippen LogP) is 7.69. The summed E-state index contributed by atoms with van der Waals surface area (Å²) in [6.45, 7) is 2.49. The molecule has 0 aliphatic heterocycles. The van der Waals surface area contributed by atoms with Crippen LogP contribution in [0.1, 0.15) is 131 Å². The third-order valence-corrected chi connectivity index (χ3v) is 8.75. The number of nitrogens with one attached hydrogen (secondary N) is 2. The van der Waals surface area contributed by atoms with Crippen LogP contribution in [0.3, 0.4) is 0 Å². The topological polar surface area (TPSA) is 122 Å². The molecule has 1 amide bonds. The molecule has 230 valence electrons. The normalized spacial score (nSPS) is 11.5. The quantitative estimate of drug-likeness (QED) is 0.0784. The Bertz CT molecular complexity index is 1120. The number of sulfonamides is 1. The third kappa shape index (κ3) is 14.7. The molecule has 0 saturated carbocycles. The number of rotatable bonds is 23. The Labute approximate surface area is 248 Å². The molecule has 0 heterocycles. The van der Waals surface area contributed by atoms with Crippen molar-refractivity contribution in [1.29, 1.82) is 0 Å². The van der Waals surface area contributed by atoms with Crippen molar-refractivity contribution in [2.45, 2.75) is 122 Å². The van der Waals surface area contributed by atoms with Gasteiger partial charge in [-0.05, 0) is 30.2 Å². The Morgan fingerprint density at radius 1 is 0.756 bits per heavy atom. The molecule has 5 N–H and O–H groups in total. The minimum atomic E-state index is -3.80. The summed E-state index contributed by atoms with van der Waals surface area (Å²) in [5.74, 6) is -0.566. The van der Waals surface area contributed by atoms with Gasteiger partial charge in [0.25, 0.3) is 5.91 Å². The van der Waals surface area contributed by atoms with Crippen molar-refractivity contribution < 1.29 is 18.3 Å². The van der Waals surface area contributed by atoms with Crippen LogP contribution in [0.25, 0.3) is 0 Å². The maximum Gasteiger partial charge on any atom is 0.251 e. The zero-order valence-electron chi connectivity index (χ0n) is 25.1. The molecule has 41 heavy (non-hydrogen) atoms. The van der Waals surface area contributed by atoms with Gasteiger partial charge >= 0.3 is 0 Å². The van der Waals surface area contributed by atoms with E-state index in [1.54, 1.807) is 36.4 Å². The number of benzene rings is 2. The third-order valence-electron chi connectivity index (χ3n) is 7.52. The Morgan fingerprint density at radius 2 is 1.29 bits per heavy atom. The van der Waals surface area contributed by atoms with Crippen molar-refractivity contribution in [3.63, 3.8) is 0 Å². The van der Waals surface area contributed by atoms with Gasteiger partial charge in [0.1, 0.15) is 0 Å². The second-order valence-corrected chi connectivity index (χ2v) is 12.9. The van der Waals surface area contributed by atoms with E-state index in [9.17, 15) is 18.3 Å². The van der Waals surface area contributed by atoms with Gasteiger partial charge in [0.05, 0.1) is 18.0 Å². The van der Waals surface area contributed by atoms with Crippen molar-refractivity contribution in [1.82, 2.24) is 5.32 Å². The van der Waals surface area contributed by atoms with Gasteiger partial charge in [0.15, 0.2) is 0 Å². The van der Waals surface area contributed by atoms with Gasteiger partial charge in [-0.2, -0.15) is 0 Å². The minimum Gasteiger partial charge on any atom is -0.398 e. The van der Waals surface area contributed by atoms with Crippen LogP contribution in [0.2, 0.25) is 0 Å². The number of aliphatic hydroxyl groups is 1. The summed E-state index contributed by atoms with van der Waals surface area (Å²) in [6.07, 6.45) is 20.8. The molecule has 0 bridgehead atoms. The first kappa shape index (κ1) is 34.6. The number of unbranched alkanes of at least 4 members (excludes halogenated alkanes) is 15. The number of hydrogen-bond donors (Lipinski definition) is 4. The van der Waals surface area contributed by atoms with Gasteiger partial charge in [0.2, 0.25) is 10.0 Å². The van der Waals surface area contributed by atoms with Crippen LogP contribution < -0.4 is 15.8 Å². The first-order chi connectivity index (χ1) is 19.9. The second kappa shape index (κ2) is 20.3. The number of amides is 1. The van der Waals surface area contributed by atoms with Crippen LogP contribution in [0.4, 0.5) is 11.4 Å². The number of nitrogens with two attached hydrogens (primary N) is 1. The van der Waals surface area contributed by atoms with Crippen molar-refractivity contribution in [2.24, 2.45) is 0 Å². The number of aliphatic hydroxyl groups excluding tert-OH is 1. The fraction of sp³-hybridized carbons (Fsp3) is 0.606. The van der Waals surface area contributed by atoms with E-state index in [4.69, 9.17) is 5.73 Å². The van der Waals surface area contributed by atoms with Crippen molar-refractivity contribution in [3.05, 3.63) is 59.2 Å². The van der Waals surface area contributed by atoms with E-state index in [0.717, 1.165) is 12.8 Å². The standard InChI is InChI=1S/C33H53N3O4S/c1-2-3-4-5-6-7-8-9-10-11-12-13-14-15-16-19-24-35-33(38)28-22-23-29(26-37)32(25-28)36-41(39,40)27-30-20-17-18-21-31(30)34/h17-18,20-23,25,36-37H,2-16,19,24,26-27,34H2,1H3,(H,35,38). The molecule has 0 aliphatic carbocycles. The maximum atomic E-state index is 12.8. The summed E-state index contributed by atoms with van der Waals surface area (Å²) in [6, 6.07) is 11.4. The van der Waals surface area contributed by atoms with E-state index in [1.807, 2.05) is 0 Å². The number of carbonyl (C=O) groups excluding carboxylic acids is 1. The highest BCUT2D eigenvalue weighted by Gasteiger charge is 2.17. The number of hydrogen-bond acceptors (Lipinski definition) is 5. The average Bonchev–Trinajstić information content (AvgIpc) is 2.95. The van der Waals surface area contributed by atoms with Gasteiger partial charge in [0, 0.05) is 23.4 Å². The molecule has 0 aromatic heterocycles. The summed E-state index contributed by atoms with van der Waals surface area (Å²) >= 11 is 0. The van der Waals surface area contributed by atoms with Crippen LogP contribution in [-0.2, 0) is 22.4 Å². The first-order valence-corrected chi connectivity index (χ1v) is 17.4. The van der Waals surface area contributed by atoms with Crippen LogP contribution in [0.15, 0.2) is 42.5 Å². The van der Waals surface area contributed by atoms with Gasteiger partial charge in [-0.3, -0.25) is 9.52 Å². The summed E-state index contributed by atoms with van der Waals surface area (Å²) in [4.78, 5) is 12.7. The van der Waals surface area contributed by atoms with E-state index in [2.05, 4.69) is 17.0 Å². The Kier molecular flexibility index (Phi) is 17.2. The second-order valence-electron chi connectivity index (χ2n) is 11.1. The van der Waals surface area contributed by atoms with Crippen LogP contribution >= 0.6 is 0 Å². The minimum absolute atomic E-state index is 0.192. The smallest absolute Gasteiger partial charge is 0.251 e. The average molecular weight is 588 g/mol. The fourth-order valence-corrected chi connectivity index (χ4v) is 6.27. The lowest BCUT2D eigenvalue weighted by Crippen LogP contribution is -2.25.